The van der Waals surface area contributed by atoms with E-state index in [0.717, 1.165) is 30.9 Å². The number of likely N-dealkylation sites (tertiary alicyclic amines) is 1. The minimum absolute atomic E-state index is 0.257. The summed E-state index contributed by atoms with van der Waals surface area (Å²) < 4.78 is 10.7. The van der Waals surface area contributed by atoms with Crippen LogP contribution in [-0.2, 0) is 16.1 Å². The Hall–Kier alpha value is -1.55. The summed E-state index contributed by atoms with van der Waals surface area (Å²) in [6.07, 6.45) is 1.94. The third-order valence-corrected chi connectivity index (χ3v) is 3.28. The Kier molecular flexibility index (Phi) is 3.19. The van der Waals surface area contributed by atoms with Gasteiger partial charge in [-0.25, -0.2) is 0 Å². The van der Waals surface area contributed by atoms with Crippen LogP contribution in [0.1, 0.15) is 18.4 Å². The first-order valence-electron chi connectivity index (χ1n) is 6.42. The van der Waals surface area contributed by atoms with Crippen molar-refractivity contribution >= 4 is 5.91 Å². The number of epoxide rings is 1. The van der Waals surface area contributed by atoms with E-state index in [9.17, 15) is 4.79 Å². The summed E-state index contributed by atoms with van der Waals surface area (Å²) in [6, 6.07) is 7.96. The first kappa shape index (κ1) is 11.5. The number of hydrogen-bond donors (Lipinski definition) is 0. The lowest BCUT2D eigenvalue weighted by Crippen LogP contribution is -2.23. The summed E-state index contributed by atoms with van der Waals surface area (Å²) in [6.45, 7) is 2.99. The molecule has 3 rings (SSSR count). The van der Waals surface area contributed by atoms with E-state index in [4.69, 9.17) is 9.47 Å². The van der Waals surface area contributed by atoms with Crippen molar-refractivity contribution in [1.82, 2.24) is 4.90 Å². The van der Waals surface area contributed by atoms with Crippen molar-refractivity contribution in [1.29, 1.82) is 0 Å². The summed E-state index contributed by atoms with van der Waals surface area (Å²) >= 11 is 0. The average Bonchev–Trinajstić information content (AvgIpc) is 3.13. The molecule has 0 spiro atoms. The summed E-state index contributed by atoms with van der Waals surface area (Å²) in [4.78, 5) is 13.5. The molecule has 2 saturated heterocycles. The van der Waals surface area contributed by atoms with Gasteiger partial charge < -0.3 is 14.4 Å². The minimum Gasteiger partial charge on any atom is -0.491 e. The molecule has 0 saturated carbocycles. The highest BCUT2D eigenvalue weighted by molar-refractivity contribution is 5.78. The molecule has 18 heavy (non-hydrogen) atoms. The Bertz CT molecular complexity index is 442. The molecule has 2 aliphatic rings. The predicted octanol–water partition coefficient (Wildman–Crippen LogP) is 1.59. The van der Waals surface area contributed by atoms with Crippen molar-refractivity contribution in [2.24, 2.45) is 0 Å². The van der Waals surface area contributed by atoms with Crippen molar-refractivity contribution in [2.75, 3.05) is 19.8 Å². The zero-order valence-corrected chi connectivity index (χ0v) is 10.3. The first-order valence-corrected chi connectivity index (χ1v) is 6.42. The fourth-order valence-corrected chi connectivity index (χ4v) is 2.18. The van der Waals surface area contributed by atoms with Gasteiger partial charge in [0, 0.05) is 19.5 Å². The Balaban J connectivity index is 1.60. The fraction of sp³-hybridized carbons (Fsp3) is 0.500. The van der Waals surface area contributed by atoms with E-state index in [-0.39, 0.29) is 12.0 Å². The van der Waals surface area contributed by atoms with E-state index < -0.39 is 0 Å². The molecular formula is C14H17NO3. The quantitative estimate of drug-likeness (QED) is 0.742. The maximum atomic E-state index is 11.6. The molecule has 4 nitrogen and oxygen atoms in total. The molecule has 4 heteroatoms. The number of benzene rings is 1. The molecule has 1 unspecified atom stereocenters. The molecule has 1 aromatic rings. The molecule has 1 aromatic carbocycles. The fourth-order valence-electron chi connectivity index (χ4n) is 2.18. The summed E-state index contributed by atoms with van der Waals surface area (Å²) in [5.74, 6) is 1.11. The van der Waals surface area contributed by atoms with Gasteiger partial charge in [-0.2, -0.15) is 0 Å². The number of amides is 1. The van der Waals surface area contributed by atoms with Crippen LogP contribution in [0.2, 0.25) is 0 Å². The van der Waals surface area contributed by atoms with Gasteiger partial charge in [0.2, 0.25) is 5.91 Å². The van der Waals surface area contributed by atoms with Crippen LogP contribution >= 0.6 is 0 Å². The second-order valence-corrected chi connectivity index (χ2v) is 4.83. The van der Waals surface area contributed by atoms with Crippen molar-refractivity contribution in [2.45, 2.75) is 25.5 Å². The second-order valence-electron chi connectivity index (χ2n) is 4.83. The van der Waals surface area contributed by atoms with E-state index in [1.807, 2.05) is 29.2 Å². The van der Waals surface area contributed by atoms with Gasteiger partial charge in [0.05, 0.1) is 6.61 Å². The molecule has 96 valence electrons. The van der Waals surface area contributed by atoms with Gasteiger partial charge >= 0.3 is 0 Å². The smallest absolute Gasteiger partial charge is 0.222 e. The predicted molar refractivity (Wildman–Crippen MR) is 66.3 cm³/mol. The van der Waals surface area contributed by atoms with Crippen LogP contribution in [0.3, 0.4) is 0 Å². The van der Waals surface area contributed by atoms with Crippen LogP contribution in [0.5, 0.6) is 5.75 Å². The van der Waals surface area contributed by atoms with E-state index in [1.165, 1.54) is 0 Å². The van der Waals surface area contributed by atoms with Gasteiger partial charge in [0.25, 0.3) is 0 Å². The zero-order chi connectivity index (χ0) is 12.4. The van der Waals surface area contributed by atoms with Gasteiger partial charge in [0.15, 0.2) is 0 Å². The Labute approximate surface area is 106 Å². The number of ether oxygens (including phenoxy) is 2. The number of nitrogens with zero attached hydrogens (tertiary/aromatic N) is 1. The van der Waals surface area contributed by atoms with Crippen LogP contribution < -0.4 is 4.74 Å². The lowest BCUT2D eigenvalue weighted by atomic mass is 10.2. The SMILES string of the molecule is O=C1CCCN1Cc1cccc(OCC2CO2)c1. The Morgan fingerprint density at radius 2 is 2.33 bits per heavy atom. The number of hydrogen-bond acceptors (Lipinski definition) is 3. The van der Waals surface area contributed by atoms with Crippen LogP contribution in [0.4, 0.5) is 0 Å². The van der Waals surface area contributed by atoms with E-state index in [2.05, 4.69) is 0 Å². The van der Waals surface area contributed by atoms with Crippen LogP contribution in [0.15, 0.2) is 24.3 Å². The highest BCUT2D eigenvalue weighted by Crippen LogP contribution is 2.19. The molecule has 0 aromatic heterocycles. The second kappa shape index (κ2) is 4.98. The van der Waals surface area contributed by atoms with Gasteiger partial charge in [0.1, 0.15) is 18.5 Å². The monoisotopic (exact) mass is 247 g/mol. The van der Waals surface area contributed by atoms with Crippen LogP contribution in [0.25, 0.3) is 0 Å². The Morgan fingerprint density at radius 3 is 3.06 bits per heavy atom. The first-order chi connectivity index (χ1) is 8.81. The third kappa shape index (κ3) is 2.82. The van der Waals surface area contributed by atoms with Crippen molar-refractivity contribution < 1.29 is 14.3 Å². The van der Waals surface area contributed by atoms with Crippen molar-refractivity contribution in [3.05, 3.63) is 29.8 Å². The van der Waals surface area contributed by atoms with Crippen molar-refractivity contribution in [3.63, 3.8) is 0 Å². The number of carbonyl (C=O) groups is 1. The molecule has 2 fully saturated rings. The van der Waals surface area contributed by atoms with Gasteiger partial charge in [-0.05, 0) is 24.1 Å². The van der Waals surface area contributed by atoms with Gasteiger partial charge in [-0.3, -0.25) is 4.79 Å². The summed E-state index contributed by atoms with van der Waals surface area (Å²) in [5, 5.41) is 0. The van der Waals surface area contributed by atoms with E-state index in [1.54, 1.807) is 0 Å². The summed E-state index contributed by atoms with van der Waals surface area (Å²) in [5.41, 5.74) is 1.12. The molecule has 0 N–H and O–H groups in total. The van der Waals surface area contributed by atoms with Crippen LogP contribution in [-0.4, -0.2) is 36.7 Å². The Morgan fingerprint density at radius 1 is 1.44 bits per heavy atom. The lowest BCUT2D eigenvalue weighted by molar-refractivity contribution is -0.128. The number of rotatable bonds is 5. The topological polar surface area (TPSA) is 42.1 Å². The normalized spacial score (nSPS) is 22.3. The summed E-state index contributed by atoms with van der Waals surface area (Å²) in [7, 11) is 0. The molecule has 0 bridgehead atoms. The van der Waals surface area contributed by atoms with Crippen molar-refractivity contribution in [3.8, 4) is 5.75 Å². The number of carbonyl (C=O) groups excluding carboxylic acids is 1. The zero-order valence-electron chi connectivity index (χ0n) is 10.3. The highest BCUT2D eigenvalue weighted by Gasteiger charge is 2.23. The maximum Gasteiger partial charge on any atom is 0.222 e. The molecular weight excluding hydrogens is 230 g/mol. The third-order valence-electron chi connectivity index (χ3n) is 3.28. The molecule has 1 amide bonds. The minimum atomic E-state index is 0.257. The maximum absolute atomic E-state index is 11.6. The highest BCUT2D eigenvalue weighted by atomic mass is 16.6. The van der Waals surface area contributed by atoms with Gasteiger partial charge in [-0.15, -0.1) is 0 Å². The van der Waals surface area contributed by atoms with Crippen LogP contribution in [0, 0.1) is 0 Å². The molecule has 0 radical (unpaired) electrons. The largest absolute Gasteiger partial charge is 0.491 e. The molecule has 0 aliphatic carbocycles. The molecule has 2 aliphatic heterocycles. The van der Waals surface area contributed by atoms with E-state index in [0.29, 0.717) is 19.6 Å². The standard InChI is InChI=1S/C14H17NO3/c16-14-5-2-6-15(14)8-11-3-1-4-12(7-11)17-9-13-10-18-13/h1,3-4,7,13H,2,5-6,8-10H2. The molecule has 2 heterocycles. The molecule has 1 atom stereocenters. The van der Waals surface area contributed by atoms with E-state index >= 15 is 0 Å². The average molecular weight is 247 g/mol. The van der Waals surface area contributed by atoms with Gasteiger partial charge in [-0.1, -0.05) is 12.1 Å². The lowest BCUT2D eigenvalue weighted by Gasteiger charge is -2.16.